The normalized spacial score (nSPS) is 20.4. The van der Waals surface area contributed by atoms with Crippen LogP contribution in [0.4, 0.5) is 5.13 Å². The first-order chi connectivity index (χ1) is 24.2. The van der Waals surface area contributed by atoms with Gasteiger partial charge in [0.05, 0.1) is 0 Å². The molecule has 51 heavy (non-hydrogen) atoms. The number of thiazole rings is 1. The number of carbonyl (C=O) groups is 5. The number of oxime groups is 1. The van der Waals surface area contributed by atoms with Crippen LogP contribution in [-0.4, -0.2) is 80.7 Å². The number of rotatable bonds is 13. The van der Waals surface area contributed by atoms with Crippen LogP contribution in [-0.2, 0) is 38.3 Å². The number of esters is 2. The zero-order valence-electron chi connectivity index (χ0n) is 28.8. The fourth-order valence-corrected chi connectivity index (χ4v) is 7.43. The molecule has 3 amide bonds. The van der Waals surface area contributed by atoms with E-state index in [9.17, 15) is 24.0 Å². The Kier molecular flexibility index (Phi) is 11.0. The Bertz CT molecular complexity index is 1790. The highest BCUT2D eigenvalue weighted by atomic mass is 32.2. The number of amides is 3. The van der Waals surface area contributed by atoms with E-state index in [0.29, 0.717) is 6.41 Å². The number of ether oxygens (including phenoxy) is 2. The highest BCUT2D eigenvalue weighted by molar-refractivity contribution is 8.00. The van der Waals surface area contributed by atoms with E-state index in [-0.39, 0.29) is 28.8 Å². The first kappa shape index (κ1) is 37.2. The maximum absolute atomic E-state index is 13.9. The molecule has 2 aliphatic rings. The van der Waals surface area contributed by atoms with E-state index in [1.54, 1.807) is 20.8 Å². The van der Waals surface area contributed by atoms with E-state index < -0.39 is 57.9 Å². The van der Waals surface area contributed by atoms with Gasteiger partial charge < -0.3 is 29.8 Å². The molecule has 2 aliphatic heterocycles. The molecule has 5 rings (SSSR count). The molecule has 15 heteroatoms. The number of thioether (sulfide) groups is 1. The highest BCUT2D eigenvalue weighted by Gasteiger charge is 2.57. The fourth-order valence-electron chi connectivity index (χ4n) is 5.24. The fraction of sp³-hybridized carbons (Fsp3) is 0.361. The smallest absolute Gasteiger partial charge is 0.353 e. The lowest BCUT2D eigenvalue weighted by Crippen LogP contribution is -2.73. The molecule has 2 saturated heterocycles. The predicted octanol–water partition coefficient (Wildman–Crippen LogP) is 4.46. The minimum Gasteiger partial charge on any atom is -0.457 e. The van der Waals surface area contributed by atoms with Crippen LogP contribution in [0.5, 0.6) is 0 Å². The monoisotopic (exact) mass is 733 g/mol. The van der Waals surface area contributed by atoms with Crippen molar-refractivity contribution < 1.29 is 38.3 Å². The Labute approximate surface area is 303 Å². The van der Waals surface area contributed by atoms with Gasteiger partial charge in [-0.15, -0.1) is 29.7 Å². The zero-order chi connectivity index (χ0) is 37.0. The molecule has 13 nitrogen and oxygen atoms in total. The number of aromatic nitrogens is 1. The van der Waals surface area contributed by atoms with Crippen molar-refractivity contribution in [3.8, 4) is 0 Å². The molecular weight excluding hydrogens is 695 g/mol. The minimum atomic E-state index is -1.59. The van der Waals surface area contributed by atoms with Crippen molar-refractivity contribution in [2.75, 3.05) is 17.6 Å². The number of nitrogens with zero attached hydrogens (tertiary/aromatic N) is 3. The van der Waals surface area contributed by atoms with Gasteiger partial charge >= 0.3 is 11.9 Å². The van der Waals surface area contributed by atoms with Gasteiger partial charge in [-0.05, 0) is 45.7 Å². The summed E-state index contributed by atoms with van der Waals surface area (Å²) in [7, 11) is 0. The molecule has 3 aromatic rings. The third-order valence-corrected chi connectivity index (χ3v) is 10.3. The Balaban J connectivity index is 1.31. The summed E-state index contributed by atoms with van der Waals surface area (Å²) in [5.74, 6) is -2.22. The first-order valence-corrected chi connectivity index (χ1v) is 17.9. The van der Waals surface area contributed by atoms with Crippen molar-refractivity contribution in [3.63, 3.8) is 0 Å². The number of nitrogens with one attached hydrogen (secondary N) is 2. The van der Waals surface area contributed by atoms with Crippen LogP contribution in [0.1, 0.15) is 57.5 Å². The molecule has 0 aliphatic carbocycles. The molecule has 0 radical (unpaired) electrons. The van der Waals surface area contributed by atoms with Crippen LogP contribution in [0.15, 0.2) is 83.9 Å². The lowest BCUT2D eigenvalue weighted by Gasteiger charge is -2.53. The lowest BCUT2D eigenvalue weighted by molar-refractivity contribution is -0.179. The number of anilines is 1. The van der Waals surface area contributed by atoms with Gasteiger partial charge in [0.2, 0.25) is 17.9 Å². The molecule has 0 bridgehead atoms. The lowest BCUT2D eigenvalue weighted by atomic mass is 9.87. The van der Waals surface area contributed by atoms with Gasteiger partial charge in [-0.1, -0.05) is 71.9 Å². The van der Waals surface area contributed by atoms with Crippen molar-refractivity contribution in [2.45, 2.75) is 63.3 Å². The van der Waals surface area contributed by atoms with Gasteiger partial charge in [-0.25, -0.2) is 9.78 Å². The second-order valence-corrected chi connectivity index (χ2v) is 15.4. The third kappa shape index (κ3) is 8.31. The predicted molar refractivity (Wildman–Crippen MR) is 193 cm³/mol. The van der Waals surface area contributed by atoms with Crippen molar-refractivity contribution in [1.82, 2.24) is 15.2 Å². The average molecular weight is 734 g/mol. The van der Waals surface area contributed by atoms with Gasteiger partial charge in [-0.3, -0.25) is 19.2 Å². The van der Waals surface area contributed by atoms with Crippen LogP contribution in [0.3, 0.4) is 0 Å². The summed E-state index contributed by atoms with van der Waals surface area (Å²) < 4.78 is 11.6. The zero-order valence-corrected chi connectivity index (χ0v) is 30.4. The van der Waals surface area contributed by atoms with Gasteiger partial charge in [0.1, 0.15) is 28.1 Å². The van der Waals surface area contributed by atoms with E-state index in [4.69, 9.17) is 14.3 Å². The van der Waals surface area contributed by atoms with Crippen molar-refractivity contribution >= 4 is 64.1 Å². The molecular formula is C36H39N5O8S2. The SMILES string of the molecule is C=CC1(C(=O)OC(c2ccccc2)c2ccccc2)CS[C@@H]2C(NC(=O)C(=NOC(C)(C)C(=O)OC(C)(C)C)c3csc(NC=O)n3)C(=O)N2C1. The Morgan fingerprint density at radius 2 is 1.69 bits per heavy atom. The van der Waals surface area contributed by atoms with Crippen LogP contribution in [0, 0.1) is 5.41 Å². The minimum absolute atomic E-state index is 0.00937. The second kappa shape index (κ2) is 15.1. The molecule has 268 valence electrons. The average Bonchev–Trinajstić information content (AvgIpc) is 3.57. The maximum Gasteiger partial charge on any atom is 0.353 e. The van der Waals surface area contributed by atoms with E-state index in [1.165, 1.54) is 42.0 Å². The molecule has 1 aromatic heterocycles. The summed E-state index contributed by atoms with van der Waals surface area (Å²) in [6.07, 6.45) is 1.28. The number of benzene rings is 2. The van der Waals surface area contributed by atoms with Gasteiger partial charge in [0.15, 0.2) is 16.9 Å². The number of β-lactam (4-membered cyclic amide) rings is 1. The standard InChI is InChI=1S/C36H39N5O8S2/c1-7-36(32(46)47-27(22-14-10-8-11-15-22)23-16-12-9-13-17-23)19-41-29(44)26(30(41)51-20-36)39-28(43)25(24-18-50-33(38-24)37-21-42)40-49-35(5,6)31(45)48-34(2,3)4/h7-18,21,26-27,30H,1,19-20H2,2-6H3,(H,39,43)(H,37,38,42)/t26?,30-,36?/m1/s1. The van der Waals surface area contributed by atoms with E-state index >= 15 is 0 Å². The summed E-state index contributed by atoms with van der Waals surface area (Å²) in [6, 6.07) is 17.8. The molecule has 3 heterocycles. The van der Waals surface area contributed by atoms with E-state index in [0.717, 1.165) is 22.5 Å². The third-order valence-electron chi connectivity index (χ3n) is 8.02. The highest BCUT2D eigenvalue weighted by Crippen LogP contribution is 2.44. The first-order valence-electron chi connectivity index (χ1n) is 16.0. The number of hydrogen-bond acceptors (Lipinski definition) is 12. The van der Waals surface area contributed by atoms with Crippen LogP contribution in [0.2, 0.25) is 0 Å². The molecule has 2 aromatic carbocycles. The topological polar surface area (TPSA) is 166 Å². The molecule has 2 fully saturated rings. The Morgan fingerprint density at radius 1 is 1.06 bits per heavy atom. The molecule has 2 N–H and O–H groups in total. The van der Waals surface area contributed by atoms with Gasteiger partial charge in [0, 0.05) is 17.7 Å². The van der Waals surface area contributed by atoms with Crippen molar-refractivity contribution in [3.05, 3.63) is 95.5 Å². The number of hydrogen-bond donors (Lipinski definition) is 2. The van der Waals surface area contributed by atoms with Crippen molar-refractivity contribution in [2.24, 2.45) is 10.6 Å². The van der Waals surface area contributed by atoms with E-state index in [2.05, 4.69) is 27.4 Å². The maximum atomic E-state index is 13.9. The van der Waals surface area contributed by atoms with Crippen LogP contribution < -0.4 is 10.6 Å². The summed E-state index contributed by atoms with van der Waals surface area (Å²) in [4.78, 5) is 76.2. The number of fused-ring (bicyclic) bond motifs is 1. The van der Waals surface area contributed by atoms with Crippen LogP contribution in [0.25, 0.3) is 0 Å². The van der Waals surface area contributed by atoms with E-state index in [1.807, 2.05) is 60.7 Å². The summed E-state index contributed by atoms with van der Waals surface area (Å²) >= 11 is 2.35. The van der Waals surface area contributed by atoms with Crippen molar-refractivity contribution in [1.29, 1.82) is 0 Å². The molecule has 0 spiro atoms. The molecule has 2 unspecified atom stereocenters. The summed E-state index contributed by atoms with van der Waals surface area (Å²) in [5.41, 5.74) is -2.29. The Morgan fingerprint density at radius 3 is 2.25 bits per heavy atom. The molecule has 0 saturated carbocycles. The van der Waals surface area contributed by atoms with Crippen LogP contribution >= 0.6 is 23.1 Å². The second-order valence-electron chi connectivity index (χ2n) is 13.4. The summed E-state index contributed by atoms with van der Waals surface area (Å²) in [5, 5.41) is 10.3. The van der Waals surface area contributed by atoms with Gasteiger partial charge in [-0.2, -0.15) is 0 Å². The van der Waals surface area contributed by atoms with Gasteiger partial charge in [0.25, 0.3) is 5.91 Å². The quantitative estimate of drug-likeness (QED) is 0.0640. The molecule has 3 atom stereocenters. The Hall–Kier alpha value is -5.02. The summed E-state index contributed by atoms with van der Waals surface area (Å²) in [6.45, 7) is 11.9. The largest absolute Gasteiger partial charge is 0.457 e. The number of carbonyl (C=O) groups excluding carboxylic acids is 5.